The number of anilines is 2. The van der Waals surface area contributed by atoms with Crippen molar-refractivity contribution in [3.8, 4) is 6.07 Å². The summed E-state index contributed by atoms with van der Waals surface area (Å²) < 4.78 is 0. The Balaban J connectivity index is 1.70. The molecular weight excluding hydrogens is 374 g/mol. The molecule has 0 saturated heterocycles. The van der Waals surface area contributed by atoms with E-state index in [9.17, 15) is 9.59 Å². The summed E-state index contributed by atoms with van der Waals surface area (Å²) in [4.78, 5) is 25.1. The fourth-order valence-corrected chi connectivity index (χ4v) is 3.04. The van der Waals surface area contributed by atoms with Crippen molar-refractivity contribution in [3.63, 3.8) is 0 Å². The molecule has 0 bridgehead atoms. The summed E-state index contributed by atoms with van der Waals surface area (Å²) in [6.07, 6.45) is 0. The number of para-hydroxylation sites is 1. The Hall–Kier alpha value is -3.91. The second kappa shape index (κ2) is 8.62. The molecule has 2 amide bonds. The first-order valence-electron chi connectivity index (χ1n) is 9.60. The summed E-state index contributed by atoms with van der Waals surface area (Å²) in [5.74, 6) is -0.518. The van der Waals surface area contributed by atoms with E-state index in [2.05, 4.69) is 31.4 Å². The lowest BCUT2D eigenvalue weighted by molar-refractivity contribution is 0.101. The van der Waals surface area contributed by atoms with E-state index < -0.39 is 0 Å². The van der Waals surface area contributed by atoms with Crippen LogP contribution in [0.4, 0.5) is 11.4 Å². The molecule has 0 saturated carbocycles. The second-order valence-electron chi connectivity index (χ2n) is 7.97. The first-order valence-corrected chi connectivity index (χ1v) is 9.60. The lowest BCUT2D eigenvalue weighted by atomic mass is 9.86. The molecule has 30 heavy (non-hydrogen) atoms. The SMILES string of the molecule is CC(C)(C)c1ccccc1NC(=O)c1ccc(C(=O)Nc2ccc(C#N)cc2)cc1. The maximum absolute atomic E-state index is 12.7. The first kappa shape index (κ1) is 20.8. The predicted octanol–water partition coefficient (Wildman–Crippen LogP) is 5.36. The monoisotopic (exact) mass is 397 g/mol. The topological polar surface area (TPSA) is 82.0 Å². The molecule has 0 aliphatic heterocycles. The maximum Gasteiger partial charge on any atom is 0.255 e. The van der Waals surface area contributed by atoms with Crippen LogP contribution in [0.15, 0.2) is 72.8 Å². The van der Waals surface area contributed by atoms with Crippen molar-refractivity contribution in [1.29, 1.82) is 5.26 Å². The minimum Gasteiger partial charge on any atom is -0.322 e. The van der Waals surface area contributed by atoms with Crippen LogP contribution in [0.25, 0.3) is 0 Å². The van der Waals surface area contributed by atoms with Gasteiger partial charge in [-0.3, -0.25) is 9.59 Å². The van der Waals surface area contributed by atoms with Gasteiger partial charge in [-0.15, -0.1) is 0 Å². The molecule has 0 fully saturated rings. The zero-order chi connectivity index (χ0) is 21.7. The Morgan fingerprint density at radius 2 is 1.30 bits per heavy atom. The van der Waals surface area contributed by atoms with Crippen LogP contribution >= 0.6 is 0 Å². The van der Waals surface area contributed by atoms with Crippen LogP contribution < -0.4 is 10.6 Å². The Labute approximate surface area is 176 Å². The average Bonchev–Trinajstić information content (AvgIpc) is 2.74. The molecule has 2 N–H and O–H groups in total. The molecule has 0 unspecified atom stereocenters. The van der Waals surface area contributed by atoms with Crippen LogP contribution in [-0.2, 0) is 5.41 Å². The van der Waals surface area contributed by atoms with E-state index in [4.69, 9.17) is 5.26 Å². The fourth-order valence-electron chi connectivity index (χ4n) is 3.04. The Bertz CT molecular complexity index is 1100. The molecule has 0 radical (unpaired) electrons. The Kier molecular flexibility index (Phi) is 5.98. The summed E-state index contributed by atoms with van der Waals surface area (Å²) in [6, 6.07) is 22.9. The number of hydrogen-bond acceptors (Lipinski definition) is 3. The highest BCUT2D eigenvalue weighted by molar-refractivity contribution is 6.07. The summed E-state index contributed by atoms with van der Waals surface area (Å²) in [5, 5.41) is 14.6. The number of nitrogens with one attached hydrogen (secondary N) is 2. The number of carbonyl (C=O) groups excluding carboxylic acids is 2. The van der Waals surface area contributed by atoms with Crippen molar-refractivity contribution in [2.45, 2.75) is 26.2 Å². The van der Waals surface area contributed by atoms with E-state index in [1.54, 1.807) is 48.5 Å². The lowest BCUT2D eigenvalue weighted by Crippen LogP contribution is -2.19. The van der Waals surface area contributed by atoms with Crippen molar-refractivity contribution in [2.75, 3.05) is 10.6 Å². The van der Waals surface area contributed by atoms with Gasteiger partial charge in [-0.2, -0.15) is 5.26 Å². The van der Waals surface area contributed by atoms with Crippen molar-refractivity contribution < 1.29 is 9.59 Å². The number of amides is 2. The average molecular weight is 397 g/mol. The molecule has 5 heteroatoms. The maximum atomic E-state index is 12.7. The molecule has 0 heterocycles. The molecule has 0 aliphatic carbocycles. The smallest absolute Gasteiger partial charge is 0.255 e. The number of rotatable bonds is 4. The molecule has 0 atom stereocenters. The van der Waals surface area contributed by atoms with Gasteiger partial charge in [0.15, 0.2) is 0 Å². The van der Waals surface area contributed by atoms with E-state index in [0.717, 1.165) is 11.3 Å². The highest BCUT2D eigenvalue weighted by Crippen LogP contribution is 2.29. The standard InChI is InChI=1S/C25H23N3O2/c1-25(2,3)21-6-4-5-7-22(21)28-24(30)19-12-10-18(11-13-19)23(29)27-20-14-8-17(16-26)9-15-20/h4-15H,1-3H3,(H,27,29)(H,28,30). The van der Waals surface area contributed by atoms with E-state index in [0.29, 0.717) is 22.4 Å². The third-order valence-electron chi connectivity index (χ3n) is 4.66. The van der Waals surface area contributed by atoms with Gasteiger partial charge in [0.2, 0.25) is 0 Å². The van der Waals surface area contributed by atoms with Crippen LogP contribution in [0.5, 0.6) is 0 Å². The Morgan fingerprint density at radius 1 is 0.767 bits per heavy atom. The molecule has 0 aromatic heterocycles. The molecule has 0 aliphatic rings. The van der Waals surface area contributed by atoms with Gasteiger partial charge >= 0.3 is 0 Å². The molecule has 3 rings (SSSR count). The highest BCUT2D eigenvalue weighted by Gasteiger charge is 2.19. The van der Waals surface area contributed by atoms with Gasteiger partial charge < -0.3 is 10.6 Å². The van der Waals surface area contributed by atoms with Crippen molar-refractivity contribution in [2.24, 2.45) is 0 Å². The Morgan fingerprint density at radius 3 is 1.83 bits per heavy atom. The van der Waals surface area contributed by atoms with Gasteiger partial charge in [-0.05, 0) is 65.6 Å². The zero-order valence-corrected chi connectivity index (χ0v) is 17.2. The van der Waals surface area contributed by atoms with Crippen LogP contribution in [0.1, 0.15) is 52.6 Å². The number of nitrogens with zero attached hydrogens (tertiary/aromatic N) is 1. The van der Waals surface area contributed by atoms with E-state index >= 15 is 0 Å². The minimum absolute atomic E-state index is 0.0999. The number of carbonyl (C=O) groups is 2. The predicted molar refractivity (Wildman–Crippen MR) is 119 cm³/mol. The second-order valence-corrected chi connectivity index (χ2v) is 7.97. The van der Waals surface area contributed by atoms with Crippen molar-refractivity contribution in [1.82, 2.24) is 0 Å². The van der Waals surface area contributed by atoms with E-state index in [1.807, 2.05) is 30.3 Å². The fraction of sp³-hybridized carbons (Fsp3) is 0.160. The summed E-state index contributed by atoms with van der Waals surface area (Å²) >= 11 is 0. The first-order chi connectivity index (χ1) is 14.3. The van der Waals surface area contributed by atoms with E-state index in [1.165, 1.54) is 0 Å². The number of hydrogen-bond donors (Lipinski definition) is 2. The van der Waals surface area contributed by atoms with Crippen LogP contribution in [0.3, 0.4) is 0 Å². The molecular formula is C25H23N3O2. The summed E-state index contributed by atoms with van der Waals surface area (Å²) in [7, 11) is 0. The van der Waals surface area contributed by atoms with Crippen LogP contribution in [0.2, 0.25) is 0 Å². The van der Waals surface area contributed by atoms with E-state index in [-0.39, 0.29) is 17.2 Å². The number of nitriles is 1. The third-order valence-corrected chi connectivity index (χ3v) is 4.66. The van der Waals surface area contributed by atoms with Gasteiger partial charge in [0.05, 0.1) is 11.6 Å². The molecule has 150 valence electrons. The van der Waals surface area contributed by atoms with Gasteiger partial charge in [-0.25, -0.2) is 0 Å². The molecule has 5 nitrogen and oxygen atoms in total. The highest BCUT2D eigenvalue weighted by atomic mass is 16.2. The lowest BCUT2D eigenvalue weighted by Gasteiger charge is -2.23. The quantitative estimate of drug-likeness (QED) is 0.622. The largest absolute Gasteiger partial charge is 0.322 e. The molecule has 3 aromatic carbocycles. The minimum atomic E-state index is -0.287. The molecule has 0 spiro atoms. The van der Waals surface area contributed by atoms with Gasteiger partial charge in [-0.1, -0.05) is 39.0 Å². The van der Waals surface area contributed by atoms with Crippen molar-refractivity contribution in [3.05, 3.63) is 95.1 Å². The third kappa shape index (κ3) is 4.92. The van der Waals surface area contributed by atoms with Gasteiger partial charge in [0, 0.05) is 22.5 Å². The van der Waals surface area contributed by atoms with Crippen molar-refractivity contribution >= 4 is 23.2 Å². The normalized spacial score (nSPS) is 10.7. The van der Waals surface area contributed by atoms with Crippen LogP contribution in [-0.4, -0.2) is 11.8 Å². The van der Waals surface area contributed by atoms with Gasteiger partial charge in [0.25, 0.3) is 11.8 Å². The summed E-state index contributed by atoms with van der Waals surface area (Å²) in [6.45, 7) is 6.29. The van der Waals surface area contributed by atoms with Crippen LogP contribution in [0, 0.1) is 11.3 Å². The van der Waals surface area contributed by atoms with Gasteiger partial charge in [0.1, 0.15) is 0 Å². The zero-order valence-electron chi connectivity index (χ0n) is 17.2. The number of benzene rings is 3. The molecule has 3 aromatic rings. The summed E-state index contributed by atoms with van der Waals surface area (Å²) in [5.41, 5.74) is 3.75.